The first kappa shape index (κ1) is 72.0. The summed E-state index contributed by atoms with van der Waals surface area (Å²) in [6.07, 6.45) is 36.8. The van der Waals surface area contributed by atoms with Gasteiger partial charge >= 0.3 is 51.2 Å². The third-order valence-electron chi connectivity index (χ3n) is 14.6. The van der Waals surface area contributed by atoms with Crippen molar-refractivity contribution < 1.29 is 51.2 Å². The third-order valence-corrected chi connectivity index (χ3v) is 30.7. The Balaban J connectivity index is -0.000000109. The molecule has 0 N–H and O–H groups in total. The van der Waals surface area contributed by atoms with E-state index in [0.717, 1.165) is 11.1 Å². The fraction of sp³-hybridized carbons (Fsp3) is 0.796. The first-order chi connectivity index (χ1) is 22.4. The van der Waals surface area contributed by atoms with Crippen LogP contribution in [0.5, 0.6) is 0 Å². The van der Waals surface area contributed by atoms with Crippen LogP contribution in [0.2, 0.25) is 85.6 Å². The maximum absolute atomic E-state index is 3.42. The standard InChI is InChI=1S/C12H24Si.C12H18Si.C11H22Si.C8H18Si.6CH3.3Fe/c1-13(2,11-7-3-4-8-11)12-9-5-6-10-12;1-4-5-8-11-13(2,3)12-9-6-7-10-12;1-12(10-6-2-3-7-10)11-8-4-5-9-11;1-9(2,3)8-6-4-5-7-8;;;;;;;;;/h11-12H,3-10H2,1-2H3;12H,6-7,9-10H2,1-3H3;10-12H,2-9H2,1H3;8H,4-7H2,1-3H3;6*1H3;;;/q;;;;6*-1;3*+2. The Morgan fingerprint density at radius 3 is 0.929 bits per heavy atom. The molecule has 336 valence electrons. The predicted octanol–water partition coefficient (Wildman–Crippen LogP) is 17.5. The molecule has 0 radical (unpaired) electrons. The summed E-state index contributed by atoms with van der Waals surface area (Å²) in [5.74, 6) is 8.68. The van der Waals surface area contributed by atoms with Gasteiger partial charge in [-0.3, -0.25) is 0 Å². The van der Waals surface area contributed by atoms with Crippen LogP contribution in [0.1, 0.15) is 161 Å². The average molecular weight is 969 g/mol. The predicted molar refractivity (Wildman–Crippen MR) is 264 cm³/mol. The molecular formula is C49H100Fe3Si4. The molecule has 6 saturated carbocycles. The van der Waals surface area contributed by atoms with E-state index in [4.69, 9.17) is 0 Å². The van der Waals surface area contributed by atoms with E-state index in [1.54, 1.807) is 77.0 Å². The van der Waals surface area contributed by atoms with Crippen molar-refractivity contribution in [1.29, 1.82) is 0 Å². The van der Waals surface area contributed by atoms with Crippen molar-refractivity contribution in [2.24, 2.45) is 0 Å². The zero-order valence-electron chi connectivity index (χ0n) is 40.6. The van der Waals surface area contributed by atoms with Gasteiger partial charge in [-0.15, -0.1) is 5.54 Å². The summed E-state index contributed by atoms with van der Waals surface area (Å²) in [5, 5.41) is 0. The normalized spacial score (nSPS) is 19.9. The second-order valence-corrected chi connectivity index (χ2v) is 38.3. The van der Waals surface area contributed by atoms with Crippen molar-refractivity contribution in [1.82, 2.24) is 0 Å². The average Bonchev–Trinajstić information content (AvgIpc) is 3.91. The molecular weight excluding hydrogens is 868 g/mol. The quantitative estimate of drug-likeness (QED) is 0.141. The van der Waals surface area contributed by atoms with Crippen molar-refractivity contribution in [3.63, 3.8) is 0 Å². The van der Waals surface area contributed by atoms with E-state index in [0.29, 0.717) is 0 Å². The molecule has 0 atom stereocenters. The topological polar surface area (TPSA) is 0 Å². The van der Waals surface area contributed by atoms with Crippen LogP contribution in [0, 0.1) is 67.9 Å². The van der Waals surface area contributed by atoms with Crippen LogP contribution >= 0.6 is 0 Å². The van der Waals surface area contributed by atoms with E-state index < -0.39 is 24.2 Å². The molecule has 0 aromatic rings. The van der Waals surface area contributed by atoms with Crippen molar-refractivity contribution >= 4 is 33.0 Å². The number of hydrogen-bond donors (Lipinski definition) is 0. The summed E-state index contributed by atoms with van der Waals surface area (Å²) in [7, 11) is -3.14. The van der Waals surface area contributed by atoms with Crippen molar-refractivity contribution in [2.45, 2.75) is 247 Å². The Hall–Kier alpha value is 1.55. The molecule has 7 heteroatoms. The molecule has 0 aromatic heterocycles. The molecule has 0 amide bonds. The zero-order chi connectivity index (χ0) is 34.3. The molecule has 0 aromatic carbocycles. The van der Waals surface area contributed by atoms with Crippen molar-refractivity contribution in [3.8, 4) is 23.3 Å². The van der Waals surface area contributed by atoms with Crippen LogP contribution in [0.3, 0.4) is 0 Å². The minimum absolute atomic E-state index is 0. The van der Waals surface area contributed by atoms with Gasteiger partial charge in [0.1, 0.15) is 8.07 Å². The van der Waals surface area contributed by atoms with Gasteiger partial charge in [0.2, 0.25) is 0 Å². The van der Waals surface area contributed by atoms with Gasteiger partial charge in [-0.25, -0.2) is 0 Å². The summed E-state index contributed by atoms with van der Waals surface area (Å²) in [6.45, 7) is 22.1. The third kappa shape index (κ3) is 24.9. The molecule has 0 bridgehead atoms. The van der Waals surface area contributed by atoms with Gasteiger partial charge in [0.15, 0.2) is 0 Å². The maximum atomic E-state index is 3.42. The SMILES string of the molecule is CC#CC#C[Si](C)(C)C1CCCC1.C[SiH](C1CCCC1)C1CCCC1.C[Si](C)(C)C1CCCC1.C[Si](C)(C1CCCC1)C1CCCC1.[CH3-].[CH3-].[CH3-].[CH3-].[CH3-].[CH3-].[Fe+2].[Fe+2].[Fe+2]. The summed E-state index contributed by atoms with van der Waals surface area (Å²) >= 11 is 0. The smallest absolute Gasteiger partial charge is 0.358 e. The molecule has 0 heterocycles. The largest absolute Gasteiger partial charge is 2.00 e. The molecule has 0 saturated heterocycles. The molecule has 0 aliphatic heterocycles. The second kappa shape index (κ2) is 37.1. The van der Waals surface area contributed by atoms with Gasteiger partial charge in [0.05, 0.1) is 8.07 Å². The van der Waals surface area contributed by atoms with Gasteiger partial charge in [0.25, 0.3) is 0 Å². The minimum atomic E-state index is -1.27. The van der Waals surface area contributed by atoms with E-state index in [9.17, 15) is 0 Å². The summed E-state index contributed by atoms with van der Waals surface area (Å²) in [4.78, 5) is 0. The van der Waals surface area contributed by atoms with Gasteiger partial charge in [-0.05, 0) is 52.0 Å². The Kier molecular flexibility index (Phi) is 47.8. The first-order valence-electron chi connectivity index (χ1n) is 21.3. The Morgan fingerprint density at radius 1 is 0.393 bits per heavy atom. The molecule has 6 aliphatic rings. The molecule has 6 fully saturated rings. The van der Waals surface area contributed by atoms with Crippen LogP contribution < -0.4 is 0 Å². The minimum Gasteiger partial charge on any atom is -0.358 e. The fourth-order valence-corrected chi connectivity index (χ4v) is 23.7. The van der Waals surface area contributed by atoms with Crippen LogP contribution in [-0.2, 0) is 51.2 Å². The van der Waals surface area contributed by atoms with Crippen molar-refractivity contribution in [3.05, 3.63) is 44.6 Å². The van der Waals surface area contributed by atoms with Gasteiger partial charge in [0, 0.05) is 16.9 Å². The van der Waals surface area contributed by atoms with Gasteiger partial charge < -0.3 is 44.6 Å². The van der Waals surface area contributed by atoms with Crippen LogP contribution in [0.4, 0.5) is 0 Å². The zero-order valence-corrected chi connectivity index (χ0v) is 48.0. The summed E-state index contributed by atoms with van der Waals surface area (Å²) < 4.78 is 0. The molecule has 56 heavy (non-hydrogen) atoms. The molecule has 6 rings (SSSR count). The van der Waals surface area contributed by atoms with E-state index in [1.807, 2.05) is 6.92 Å². The molecule has 6 aliphatic carbocycles. The van der Waals surface area contributed by atoms with Crippen molar-refractivity contribution in [2.75, 3.05) is 0 Å². The fourth-order valence-electron chi connectivity index (χ4n) is 10.8. The Bertz CT molecular complexity index is 948. The van der Waals surface area contributed by atoms with E-state index in [-0.39, 0.29) is 105 Å². The molecule has 0 nitrogen and oxygen atoms in total. The van der Waals surface area contributed by atoms with Gasteiger partial charge in [-0.1, -0.05) is 212 Å². The summed E-state index contributed by atoms with van der Waals surface area (Å²) in [5.41, 5.74) is 10.4. The maximum Gasteiger partial charge on any atom is 2.00 e. The number of hydrogen-bond acceptors (Lipinski definition) is 0. The van der Waals surface area contributed by atoms with Crippen LogP contribution in [-0.4, -0.2) is 33.0 Å². The monoisotopic (exact) mass is 968 g/mol. The van der Waals surface area contributed by atoms with E-state index in [2.05, 4.69) is 75.7 Å². The molecule has 0 unspecified atom stereocenters. The van der Waals surface area contributed by atoms with Gasteiger partial charge in [-0.2, -0.15) is 0 Å². The first-order valence-corrected chi connectivity index (χ1v) is 33.6. The Morgan fingerprint density at radius 2 is 0.661 bits per heavy atom. The van der Waals surface area contributed by atoms with Crippen LogP contribution in [0.25, 0.3) is 0 Å². The molecule has 0 spiro atoms. The van der Waals surface area contributed by atoms with Crippen LogP contribution in [0.15, 0.2) is 0 Å². The Labute approximate surface area is 395 Å². The summed E-state index contributed by atoms with van der Waals surface area (Å²) in [6, 6.07) is 0. The second-order valence-electron chi connectivity index (χ2n) is 19.4. The van der Waals surface area contributed by atoms with E-state index >= 15 is 0 Å². The number of rotatable bonds is 6. The van der Waals surface area contributed by atoms with E-state index in [1.165, 1.54) is 99.2 Å².